The maximum atomic E-state index is 12.4. The minimum absolute atomic E-state index is 0.312. The van der Waals surface area contributed by atoms with Crippen molar-refractivity contribution in [3.8, 4) is 11.1 Å². The Kier molecular flexibility index (Phi) is 4.90. The van der Waals surface area contributed by atoms with Gasteiger partial charge in [-0.3, -0.25) is 0 Å². The molecule has 4 aromatic carbocycles. The van der Waals surface area contributed by atoms with E-state index in [4.69, 9.17) is 4.42 Å². The van der Waals surface area contributed by atoms with Gasteiger partial charge in [0.2, 0.25) is 0 Å². The number of hydrogen-bond donors (Lipinski definition) is 1. The van der Waals surface area contributed by atoms with Crippen molar-refractivity contribution in [3.05, 3.63) is 82.7 Å². The van der Waals surface area contributed by atoms with Gasteiger partial charge in [0.25, 0.3) is 0 Å². The maximum absolute atomic E-state index is 12.4. The van der Waals surface area contributed by atoms with Crippen molar-refractivity contribution >= 4 is 44.4 Å². The zero-order valence-corrected chi connectivity index (χ0v) is 21.2. The lowest BCUT2D eigenvalue weighted by molar-refractivity contribution is 0.0697. The predicted octanol–water partition coefficient (Wildman–Crippen LogP) is 5.84. The number of fused-ring (bicyclic) bond motifs is 5. The van der Waals surface area contributed by atoms with Gasteiger partial charge in [0.15, 0.2) is 5.36 Å². The molecule has 0 amide bonds. The second kappa shape index (κ2) is 8.20. The first-order chi connectivity index (χ1) is 18.0. The number of aryl methyl sites for hydroxylation is 2. The summed E-state index contributed by atoms with van der Waals surface area (Å²) in [5.74, 6) is -0.917. The molecule has 5 aromatic rings. The van der Waals surface area contributed by atoms with E-state index in [2.05, 4.69) is 45.9 Å². The van der Waals surface area contributed by atoms with Crippen molar-refractivity contribution in [2.45, 2.75) is 25.7 Å². The van der Waals surface area contributed by atoms with E-state index in [9.17, 15) is 9.90 Å². The van der Waals surface area contributed by atoms with Crippen LogP contribution in [0.4, 0.5) is 5.69 Å². The molecule has 3 heterocycles. The molecule has 0 bridgehead atoms. The van der Waals surface area contributed by atoms with Crippen molar-refractivity contribution in [3.63, 3.8) is 0 Å². The number of anilines is 1. The third-order valence-electron chi connectivity index (χ3n) is 8.11. The summed E-state index contributed by atoms with van der Waals surface area (Å²) in [4.78, 5) is 14.9. The molecule has 0 aliphatic carbocycles. The summed E-state index contributed by atoms with van der Waals surface area (Å²) >= 11 is 0. The van der Waals surface area contributed by atoms with Gasteiger partial charge in [-0.25, -0.2) is 9.37 Å². The molecule has 0 saturated carbocycles. The van der Waals surface area contributed by atoms with E-state index in [0.717, 1.165) is 88.0 Å². The summed E-state index contributed by atoms with van der Waals surface area (Å²) in [6.07, 6.45) is 4.25. The third-order valence-corrected chi connectivity index (χ3v) is 8.11. The average molecular weight is 490 g/mol. The van der Waals surface area contributed by atoms with Crippen LogP contribution in [-0.4, -0.2) is 38.3 Å². The van der Waals surface area contributed by atoms with Crippen molar-refractivity contribution < 1.29 is 14.3 Å². The molecule has 0 unspecified atom stereocenters. The van der Waals surface area contributed by atoms with Gasteiger partial charge < -0.3 is 14.4 Å². The highest BCUT2D eigenvalue weighted by molar-refractivity contribution is 6.18. The number of hydrogen-bond acceptors (Lipinski definition) is 3. The van der Waals surface area contributed by atoms with Crippen molar-refractivity contribution in [1.29, 1.82) is 0 Å². The van der Waals surface area contributed by atoms with Crippen molar-refractivity contribution in [2.24, 2.45) is 0 Å². The molecule has 0 saturated heterocycles. The van der Waals surface area contributed by atoms with Crippen molar-refractivity contribution in [2.75, 3.05) is 32.1 Å². The number of carboxylic acid groups (broad SMARTS) is 1. The van der Waals surface area contributed by atoms with Crippen molar-refractivity contribution in [1.82, 2.24) is 4.58 Å². The summed E-state index contributed by atoms with van der Waals surface area (Å²) < 4.78 is 9.00. The summed E-state index contributed by atoms with van der Waals surface area (Å²) in [5.41, 5.74) is 7.69. The molecule has 2 aliphatic heterocycles. The zero-order valence-electron chi connectivity index (χ0n) is 21.2. The van der Waals surface area contributed by atoms with E-state index in [1.807, 2.05) is 26.2 Å². The number of rotatable bonds is 2. The second-order valence-corrected chi connectivity index (χ2v) is 10.5. The highest BCUT2D eigenvalue weighted by atomic mass is 16.4. The van der Waals surface area contributed by atoms with Crippen LogP contribution in [0.5, 0.6) is 0 Å². The first kappa shape index (κ1) is 22.1. The topological polar surface area (TPSA) is 56.7 Å². The van der Waals surface area contributed by atoms with Gasteiger partial charge in [-0.2, -0.15) is 0 Å². The molecular formula is C32H29N2O3+. The Bertz CT molecular complexity index is 1840. The number of nitrogens with zero attached hydrogens (tertiary/aromatic N) is 2. The van der Waals surface area contributed by atoms with Crippen LogP contribution in [-0.2, 0) is 12.8 Å². The Hall–Kier alpha value is -4.12. The molecule has 7 rings (SSSR count). The van der Waals surface area contributed by atoms with E-state index >= 15 is 0 Å². The van der Waals surface area contributed by atoms with Crippen LogP contribution in [0.1, 0.15) is 34.3 Å². The zero-order chi connectivity index (χ0) is 25.3. The van der Waals surface area contributed by atoms with Gasteiger partial charge in [0.1, 0.15) is 25.3 Å². The Morgan fingerprint density at radius 3 is 2.49 bits per heavy atom. The van der Waals surface area contributed by atoms with E-state index < -0.39 is 5.97 Å². The van der Waals surface area contributed by atoms with Gasteiger partial charge >= 0.3 is 5.97 Å². The standard InChI is InChI=1S/C32H28N2O3/c1-33(2)21-12-14-22-19(17-21)11-13-25-28(23-8-3-4-9-24(23)32(35)36)27-18-20-7-5-15-34-16-6-10-26(29(20)34)31(27)37-30(22)25/h3-4,8-9,11-14,17-18H,5-7,10,15-16H2,1-2H3/p+1. The fourth-order valence-corrected chi connectivity index (χ4v) is 6.43. The molecule has 37 heavy (non-hydrogen) atoms. The molecule has 5 nitrogen and oxygen atoms in total. The Balaban J connectivity index is 1.70. The van der Waals surface area contributed by atoms with E-state index in [0.29, 0.717) is 5.56 Å². The van der Waals surface area contributed by atoms with Crippen LogP contribution in [0.25, 0.3) is 43.8 Å². The largest absolute Gasteiger partial charge is 0.478 e. The fourth-order valence-electron chi connectivity index (χ4n) is 6.43. The summed E-state index contributed by atoms with van der Waals surface area (Å²) in [6.45, 7) is 2.17. The number of benzene rings is 4. The first-order valence-electron chi connectivity index (χ1n) is 13.1. The first-order valence-corrected chi connectivity index (χ1v) is 13.1. The van der Waals surface area contributed by atoms with Crippen LogP contribution in [0.2, 0.25) is 0 Å². The minimum atomic E-state index is -0.917. The Morgan fingerprint density at radius 1 is 0.892 bits per heavy atom. The lowest BCUT2D eigenvalue weighted by atomic mass is 9.86. The third kappa shape index (κ3) is 3.30. The molecule has 0 atom stereocenters. The van der Waals surface area contributed by atoms with Gasteiger partial charge in [0, 0.05) is 58.2 Å². The van der Waals surface area contributed by atoms with Crippen LogP contribution in [0.3, 0.4) is 0 Å². The van der Waals surface area contributed by atoms with E-state index in [1.165, 1.54) is 16.8 Å². The van der Waals surface area contributed by atoms with Crippen LogP contribution in [0.15, 0.2) is 65.1 Å². The van der Waals surface area contributed by atoms with Gasteiger partial charge in [-0.1, -0.05) is 24.3 Å². The lowest BCUT2D eigenvalue weighted by Gasteiger charge is -2.37. The molecule has 2 aliphatic rings. The van der Waals surface area contributed by atoms with Gasteiger partial charge in [-0.05, 0) is 66.5 Å². The molecular weight excluding hydrogens is 460 g/mol. The summed E-state index contributed by atoms with van der Waals surface area (Å²) in [6, 6.07) is 20.3. The normalized spacial score (nSPS) is 14.8. The Labute approximate surface area is 214 Å². The molecule has 5 heteroatoms. The number of carboxylic acids is 1. The summed E-state index contributed by atoms with van der Waals surface area (Å²) in [5, 5.41) is 15.4. The van der Waals surface area contributed by atoms with E-state index in [-0.39, 0.29) is 0 Å². The predicted molar refractivity (Wildman–Crippen MR) is 150 cm³/mol. The molecule has 0 radical (unpaired) electrons. The fraction of sp³-hybridized carbons (Fsp3) is 0.250. The molecule has 184 valence electrons. The minimum Gasteiger partial charge on any atom is -0.478 e. The lowest BCUT2D eigenvalue weighted by Crippen LogP contribution is -2.34. The monoisotopic (exact) mass is 489 g/mol. The number of carbonyl (C=O) groups is 1. The molecule has 1 N–H and O–H groups in total. The molecule has 0 spiro atoms. The Morgan fingerprint density at radius 2 is 1.68 bits per heavy atom. The highest BCUT2D eigenvalue weighted by Crippen LogP contribution is 2.46. The van der Waals surface area contributed by atoms with Crippen LogP contribution < -0.4 is 14.8 Å². The smallest absolute Gasteiger partial charge is 0.336 e. The van der Waals surface area contributed by atoms with Crippen LogP contribution >= 0.6 is 0 Å². The van der Waals surface area contributed by atoms with Gasteiger partial charge in [-0.15, -0.1) is 0 Å². The SMILES string of the molecule is C[N+](C)=c1ccc2c(ccc3c(-c4ccccc4C(=O)O)c4cc5c6c(c4oc32)CCCN6CCC5)c1. The van der Waals surface area contributed by atoms with Crippen LogP contribution in [0, 0.1) is 0 Å². The number of aromatic carboxylic acids is 1. The van der Waals surface area contributed by atoms with Gasteiger partial charge in [0.05, 0.1) is 5.56 Å². The molecule has 0 fully saturated rings. The maximum Gasteiger partial charge on any atom is 0.336 e. The molecule has 1 aromatic heterocycles. The average Bonchev–Trinajstić information content (AvgIpc) is 2.92. The van der Waals surface area contributed by atoms with E-state index in [1.54, 1.807) is 12.1 Å². The summed E-state index contributed by atoms with van der Waals surface area (Å²) in [7, 11) is 4.08. The quantitative estimate of drug-likeness (QED) is 0.192. The highest BCUT2D eigenvalue weighted by Gasteiger charge is 2.29. The second-order valence-electron chi connectivity index (χ2n) is 10.5.